The van der Waals surface area contributed by atoms with Crippen molar-refractivity contribution < 1.29 is 4.74 Å². The maximum absolute atomic E-state index is 5.86. The molecule has 19 heavy (non-hydrogen) atoms. The molecule has 0 atom stereocenters. The highest BCUT2D eigenvalue weighted by Gasteiger charge is 2.21. The molecule has 1 nitrogen and oxygen atoms in total. The first kappa shape index (κ1) is 14.4. The first-order chi connectivity index (χ1) is 9.38. The van der Waals surface area contributed by atoms with Crippen LogP contribution >= 0.6 is 0 Å². The minimum Gasteiger partial charge on any atom is -0.493 e. The van der Waals surface area contributed by atoms with Gasteiger partial charge in [0.25, 0.3) is 0 Å². The molecule has 0 heterocycles. The number of unbranched alkanes of at least 4 members (excludes halogenated alkanes) is 2. The Kier molecular flexibility index (Phi) is 6.26. The van der Waals surface area contributed by atoms with Crippen LogP contribution < -0.4 is 4.74 Å². The second kappa shape index (κ2) is 8.24. The monoisotopic (exact) mass is 259 g/mol. The number of hydrogen-bond acceptors (Lipinski definition) is 1. The Morgan fingerprint density at radius 1 is 1.05 bits per heavy atom. The first-order valence-corrected chi connectivity index (χ1v) is 7.97. The molecule has 0 saturated heterocycles. The average Bonchev–Trinajstić information content (AvgIpc) is 2.48. The Morgan fingerprint density at radius 3 is 2.42 bits per heavy atom. The van der Waals surface area contributed by atoms with Crippen molar-refractivity contribution in [2.45, 2.75) is 58.3 Å². The van der Waals surface area contributed by atoms with Crippen LogP contribution in [0.25, 0.3) is 0 Å². The van der Waals surface area contributed by atoms with Crippen LogP contribution in [0.3, 0.4) is 0 Å². The van der Waals surface area contributed by atoms with Crippen molar-refractivity contribution >= 4 is 0 Å². The van der Waals surface area contributed by atoms with Crippen LogP contribution in [0.2, 0.25) is 0 Å². The van der Waals surface area contributed by atoms with Crippen molar-refractivity contribution in [1.29, 1.82) is 0 Å². The van der Waals surface area contributed by atoms with Crippen molar-refractivity contribution in [3.8, 4) is 5.75 Å². The van der Waals surface area contributed by atoms with E-state index in [0.717, 1.165) is 24.2 Å². The fourth-order valence-corrected chi connectivity index (χ4v) is 3.05. The molecule has 2 rings (SSSR count). The maximum Gasteiger partial charge on any atom is 0.119 e. The molecule has 0 bridgehead atoms. The Labute approximate surface area is 118 Å². The molecular formula is C18H27O. The summed E-state index contributed by atoms with van der Waals surface area (Å²) >= 11 is 0. The second-order valence-electron chi connectivity index (χ2n) is 5.93. The van der Waals surface area contributed by atoms with Crippen LogP contribution in [0.1, 0.15) is 58.3 Å². The van der Waals surface area contributed by atoms with Gasteiger partial charge in [0.05, 0.1) is 6.61 Å². The molecule has 1 aromatic rings. The van der Waals surface area contributed by atoms with E-state index in [0.29, 0.717) is 0 Å². The number of hydrogen-bond donors (Lipinski definition) is 0. The zero-order chi connectivity index (χ0) is 13.3. The molecule has 1 aliphatic carbocycles. The first-order valence-electron chi connectivity index (χ1n) is 7.97. The van der Waals surface area contributed by atoms with Gasteiger partial charge in [0.15, 0.2) is 0 Å². The molecule has 0 spiro atoms. The summed E-state index contributed by atoms with van der Waals surface area (Å²) in [5, 5.41) is 0. The van der Waals surface area contributed by atoms with E-state index < -0.39 is 0 Å². The van der Waals surface area contributed by atoms with Gasteiger partial charge in [-0.25, -0.2) is 0 Å². The summed E-state index contributed by atoms with van der Waals surface area (Å²) in [6.07, 6.45) is 11.2. The zero-order valence-electron chi connectivity index (χ0n) is 12.2. The third-order valence-corrected chi connectivity index (χ3v) is 4.36. The van der Waals surface area contributed by atoms with Gasteiger partial charge in [-0.05, 0) is 42.9 Å². The predicted octanol–water partition coefficient (Wildman–Crippen LogP) is 5.25. The van der Waals surface area contributed by atoms with Gasteiger partial charge in [-0.1, -0.05) is 57.6 Å². The number of rotatable bonds is 7. The summed E-state index contributed by atoms with van der Waals surface area (Å²) in [6, 6.07) is 10.8. The number of ether oxygens (including phenoxy) is 1. The molecule has 1 aromatic carbocycles. The standard InChI is InChI=1S/C18H27O/c1-2-3-5-8-16-11-13-17(14-12-16)15-19-18-9-6-4-7-10-18/h6-7,9-10,16-17H,2-3,5,8,11-15H2,1H3/t16-,17-. The number of benzene rings is 1. The third-order valence-electron chi connectivity index (χ3n) is 4.36. The fraction of sp³-hybridized carbons (Fsp3) is 0.667. The third kappa shape index (κ3) is 5.26. The lowest BCUT2D eigenvalue weighted by molar-refractivity contribution is 0.177. The Bertz CT molecular complexity index is 325. The average molecular weight is 259 g/mol. The molecule has 1 saturated carbocycles. The van der Waals surface area contributed by atoms with E-state index in [-0.39, 0.29) is 0 Å². The van der Waals surface area contributed by atoms with Gasteiger partial charge in [0.2, 0.25) is 0 Å². The van der Waals surface area contributed by atoms with Gasteiger partial charge < -0.3 is 4.74 Å². The van der Waals surface area contributed by atoms with Crippen LogP contribution in [0.4, 0.5) is 0 Å². The molecule has 0 aromatic heterocycles. The lowest BCUT2D eigenvalue weighted by Crippen LogP contribution is -2.20. The predicted molar refractivity (Wildman–Crippen MR) is 80.4 cm³/mol. The minimum atomic E-state index is 0.770. The maximum atomic E-state index is 5.86. The van der Waals surface area contributed by atoms with Crippen molar-refractivity contribution in [3.63, 3.8) is 0 Å². The van der Waals surface area contributed by atoms with Gasteiger partial charge in [0, 0.05) is 0 Å². The Morgan fingerprint density at radius 2 is 1.74 bits per heavy atom. The lowest BCUT2D eigenvalue weighted by atomic mass is 9.80. The topological polar surface area (TPSA) is 9.23 Å². The van der Waals surface area contributed by atoms with E-state index >= 15 is 0 Å². The van der Waals surface area contributed by atoms with Gasteiger partial charge in [-0.3, -0.25) is 0 Å². The summed E-state index contributed by atoms with van der Waals surface area (Å²) in [7, 11) is 0. The van der Waals surface area contributed by atoms with E-state index in [1.807, 2.05) is 24.3 Å². The van der Waals surface area contributed by atoms with E-state index in [2.05, 4.69) is 13.0 Å². The van der Waals surface area contributed by atoms with E-state index in [9.17, 15) is 0 Å². The highest BCUT2D eigenvalue weighted by Crippen LogP contribution is 2.32. The Balaban J connectivity index is 1.61. The van der Waals surface area contributed by atoms with Crippen LogP contribution in [0, 0.1) is 17.9 Å². The molecule has 0 amide bonds. The quantitative estimate of drug-likeness (QED) is 0.607. The van der Waals surface area contributed by atoms with E-state index in [1.54, 1.807) is 0 Å². The molecule has 1 heteroatoms. The molecule has 105 valence electrons. The van der Waals surface area contributed by atoms with Crippen molar-refractivity contribution in [3.05, 3.63) is 30.3 Å². The molecular weight excluding hydrogens is 232 g/mol. The van der Waals surface area contributed by atoms with Crippen molar-refractivity contribution in [2.75, 3.05) is 6.61 Å². The Hall–Kier alpha value is -0.980. The molecule has 1 fully saturated rings. The van der Waals surface area contributed by atoms with Gasteiger partial charge in [-0.15, -0.1) is 0 Å². The van der Waals surface area contributed by atoms with Crippen LogP contribution in [-0.2, 0) is 0 Å². The van der Waals surface area contributed by atoms with Gasteiger partial charge in [-0.2, -0.15) is 0 Å². The fourth-order valence-electron chi connectivity index (χ4n) is 3.05. The molecule has 0 unspecified atom stereocenters. The summed E-state index contributed by atoms with van der Waals surface area (Å²) < 4.78 is 5.86. The smallest absolute Gasteiger partial charge is 0.119 e. The molecule has 1 radical (unpaired) electrons. The SMILES string of the molecule is CCCCC[C@H]1CC[C@H](COc2cc[c]cc2)CC1. The van der Waals surface area contributed by atoms with E-state index in [1.165, 1.54) is 51.4 Å². The molecule has 1 aliphatic rings. The minimum absolute atomic E-state index is 0.770. The van der Waals surface area contributed by atoms with Crippen molar-refractivity contribution in [2.24, 2.45) is 11.8 Å². The van der Waals surface area contributed by atoms with Crippen LogP contribution in [0.5, 0.6) is 5.75 Å². The molecule has 0 N–H and O–H groups in total. The highest BCUT2D eigenvalue weighted by molar-refractivity contribution is 5.20. The van der Waals surface area contributed by atoms with E-state index in [4.69, 9.17) is 4.74 Å². The lowest BCUT2D eigenvalue weighted by Gasteiger charge is -2.28. The summed E-state index contributed by atoms with van der Waals surface area (Å²) in [5.74, 6) is 2.75. The summed E-state index contributed by atoms with van der Waals surface area (Å²) in [6.45, 7) is 3.18. The summed E-state index contributed by atoms with van der Waals surface area (Å²) in [4.78, 5) is 0. The molecule has 0 aliphatic heterocycles. The largest absolute Gasteiger partial charge is 0.493 e. The van der Waals surface area contributed by atoms with Gasteiger partial charge >= 0.3 is 0 Å². The highest BCUT2D eigenvalue weighted by atomic mass is 16.5. The van der Waals surface area contributed by atoms with Gasteiger partial charge in [0.1, 0.15) is 5.75 Å². The zero-order valence-corrected chi connectivity index (χ0v) is 12.2. The normalized spacial score (nSPS) is 23.2. The van der Waals surface area contributed by atoms with Crippen LogP contribution in [-0.4, -0.2) is 6.61 Å². The second-order valence-corrected chi connectivity index (χ2v) is 5.93. The summed E-state index contributed by atoms with van der Waals surface area (Å²) in [5.41, 5.74) is 0. The van der Waals surface area contributed by atoms with Crippen molar-refractivity contribution in [1.82, 2.24) is 0 Å². The van der Waals surface area contributed by atoms with Crippen LogP contribution in [0.15, 0.2) is 24.3 Å².